The van der Waals surface area contributed by atoms with E-state index in [0.717, 1.165) is 50.9 Å². The van der Waals surface area contributed by atoms with Crippen LogP contribution in [0.1, 0.15) is 50.6 Å². The van der Waals surface area contributed by atoms with E-state index < -0.39 is 0 Å². The van der Waals surface area contributed by atoms with Gasteiger partial charge in [-0.05, 0) is 62.4 Å². The van der Waals surface area contributed by atoms with E-state index in [2.05, 4.69) is 39.6 Å². The molecule has 0 saturated carbocycles. The summed E-state index contributed by atoms with van der Waals surface area (Å²) in [7, 11) is 3.47. The van der Waals surface area contributed by atoms with Crippen molar-refractivity contribution in [2.75, 3.05) is 53.4 Å². The molecule has 0 aliphatic carbocycles. The number of nitrogens with one attached hydrogen (secondary N) is 2. The van der Waals surface area contributed by atoms with Crippen molar-refractivity contribution in [2.24, 2.45) is 10.9 Å². The molecule has 0 aromatic heterocycles. The van der Waals surface area contributed by atoms with Gasteiger partial charge in [-0.25, -0.2) is 0 Å². The normalized spacial score (nSPS) is 21.1. The number of benzene rings is 1. The largest absolute Gasteiger partial charge is 0.497 e. The van der Waals surface area contributed by atoms with Crippen LogP contribution in [0.5, 0.6) is 5.75 Å². The molecule has 7 nitrogen and oxygen atoms in total. The molecule has 0 spiro atoms. The molecule has 0 bridgehead atoms. The summed E-state index contributed by atoms with van der Waals surface area (Å²) in [4.78, 5) is 21.4. The molecule has 1 aromatic rings. The molecular formula is C24H39N5O2. The summed E-state index contributed by atoms with van der Waals surface area (Å²) in [5.74, 6) is 2.47. The van der Waals surface area contributed by atoms with Crippen molar-refractivity contribution in [1.29, 1.82) is 0 Å². The maximum atomic E-state index is 12.5. The highest BCUT2D eigenvalue weighted by Gasteiger charge is 2.24. The van der Waals surface area contributed by atoms with Crippen LogP contribution >= 0.6 is 0 Å². The second-order valence-electron chi connectivity index (χ2n) is 8.75. The highest BCUT2D eigenvalue weighted by atomic mass is 16.5. The monoisotopic (exact) mass is 429 g/mol. The first-order valence-electron chi connectivity index (χ1n) is 11.7. The number of hydrogen-bond acceptors (Lipinski definition) is 4. The van der Waals surface area contributed by atoms with Crippen LogP contribution in [0.15, 0.2) is 29.3 Å². The zero-order valence-corrected chi connectivity index (χ0v) is 19.4. The molecule has 2 heterocycles. The van der Waals surface area contributed by atoms with E-state index in [1.165, 1.54) is 24.8 Å². The first kappa shape index (κ1) is 23.4. The van der Waals surface area contributed by atoms with Gasteiger partial charge < -0.3 is 20.3 Å². The fourth-order valence-corrected chi connectivity index (χ4v) is 4.61. The van der Waals surface area contributed by atoms with Crippen LogP contribution in [0, 0.1) is 5.92 Å². The maximum absolute atomic E-state index is 12.5. The number of amides is 1. The molecular weight excluding hydrogens is 390 g/mol. The van der Waals surface area contributed by atoms with Gasteiger partial charge in [-0.2, -0.15) is 0 Å². The Balaban J connectivity index is 1.50. The van der Waals surface area contributed by atoms with E-state index in [-0.39, 0.29) is 11.9 Å². The first-order chi connectivity index (χ1) is 15.1. The van der Waals surface area contributed by atoms with Crippen molar-refractivity contribution in [3.63, 3.8) is 0 Å². The molecule has 172 valence electrons. The van der Waals surface area contributed by atoms with E-state index in [1.807, 2.05) is 17.0 Å². The smallest absolute Gasteiger partial charge is 0.224 e. The quantitative estimate of drug-likeness (QED) is 0.491. The summed E-state index contributed by atoms with van der Waals surface area (Å²) in [6.45, 7) is 7.62. The molecule has 2 saturated heterocycles. The van der Waals surface area contributed by atoms with Crippen molar-refractivity contribution in [1.82, 2.24) is 20.4 Å². The van der Waals surface area contributed by atoms with Crippen molar-refractivity contribution >= 4 is 11.9 Å². The van der Waals surface area contributed by atoms with Gasteiger partial charge in [-0.3, -0.25) is 14.7 Å². The third kappa shape index (κ3) is 6.86. The van der Waals surface area contributed by atoms with Gasteiger partial charge in [0, 0.05) is 39.6 Å². The zero-order chi connectivity index (χ0) is 22.1. The molecule has 0 radical (unpaired) electrons. The van der Waals surface area contributed by atoms with Crippen molar-refractivity contribution in [3.05, 3.63) is 29.8 Å². The van der Waals surface area contributed by atoms with Crippen LogP contribution in [0.3, 0.4) is 0 Å². The molecule has 7 heteroatoms. The highest BCUT2D eigenvalue weighted by molar-refractivity contribution is 5.81. The van der Waals surface area contributed by atoms with Gasteiger partial charge in [0.1, 0.15) is 5.75 Å². The molecule has 2 unspecified atom stereocenters. The van der Waals surface area contributed by atoms with E-state index in [9.17, 15) is 4.79 Å². The summed E-state index contributed by atoms with van der Waals surface area (Å²) >= 11 is 0. The molecule has 1 amide bonds. The Morgan fingerprint density at radius 1 is 1.16 bits per heavy atom. The van der Waals surface area contributed by atoms with Gasteiger partial charge in [0.25, 0.3) is 0 Å². The molecule has 31 heavy (non-hydrogen) atoms. The Hall–Kier alpha value is -2.28. The summed E-state index contributed by atoms with van der Waals surface area (Å²) in [6.07, 6.45) is 5.34. The number of carbonyl (C=O) groups is 1. The van der Waals surface area contributed by atoms with Crippen molar-refractivity contribution < 1.29 is 9.53 Å². The Morgan fingerprint density at radius 2 is 1.90 bits per heavy atom. The number of guanidine groups is 1. The van der Waals surface area contributed by atoms with Crippen molar-refractivity contribution in [2.45, 2.75) is 45.1 Å². The summed E-state index contributed by atoms with van der Waals surface area (Å²) in [6, 6.07) is 8.64. The Morgan fingerprint density at radius 3 is 2.55 bits per heavy atom. The number of nitrogens with zero attached hydrogens (tertiary/aromatic N) is 3. The lowest BCUT2D eigenvalue weighted by atomic mass is 10.00. The summed E-state index contributed by atoms with van der Waals surface area (Å²) in [5, 5.41) is 6.79. The average Bonchev–Trinajstić information content (AvgIpc) is 3.33. The van der Waals surface area contributed by atoms with Crippen LogP contribution < -0.4 is 15.4 Å². The van der Waals surface area contributed by atoms with Crippen LogP contribution in [0.25, 0.3) is 0 Å². The van der Waals surface area contributed by atoms with E-state index in [1.54, 1.807) is 14.2 Å². The first-order valence-corrected chi connectivity index (χ1v) is 11.7. The topological polar surface area (TPSA) is 69.2 Å². The molecule has 3 rings (SSSR count). The third-order valence-corrected chi connectivity index (χ3v) is 6.41. The van der Waals surface area contributed by atoms with Crippen LogP contribution in [0.2, 0.25) is 0 Å². The number of methoxy groups -OCH3 is 1. The lowest BCUT2D eigenvalue weighted by Crippen LogP contribution is -2.44. The van der Waals surface area contributed by atoms with Gasteiger partial charge in [-0.1, -0.05) is 19.1 Å². The second kappa shape index (κ2) is 11.9. The number of ether oxygens (including phenoxy) is 1. The standard InChI is InChI=1S/C24H39N5O2/c1-19-7-6-16-29(18-19)23(30)12-13-26-24(25-2)27-17-22(28-14-4-5-15-28)20-8-10-21(31-3)11-9-20/h8-11,19,22H,4-7,12-18H2,1-3H3,(H2,25,26,27). The summed E-state index contributed by atoms with van der Waals surface area (Å²) < 4.78 is 5.31. The maximum Gasteiger partial charge on any atom is 0.224 e. The number of aliphatic imine (C=N–C) groups is 1. The molecule has 2 N–H and O–H groups in total. The Labute approximate surface area is 187 Å². The number of carbonyl (C=O) groups excluding carboxylic acids is 1. The van der Waals surface area contributed by atoms with Gasteiger partial charge in [0.2, 0.25) is 5.91 Å². The average molecular weight is 430 g/mol. The van der Waals surface area contributed by atoms with Crippen LogP contribution in [0.4, 0.5) is 0 Å². The second-order valence-corrected chi connectivity index (χ2v) is 8.75. The van der Waals surface area contributed by atoms with Gasteiger partial charge in [-0.15, -0.1) is 0 Å². The van der Waals surface area contributed by atoms with Gasteiger partial charge in [0.15, 0.2) is 5.96 Å². The van der Waals surface area contributed by atoms with Crippen LogP contribution in [-0.2, 0) is 4.79 Å². The fraction of sp³-hybridized carbons (Fsp3) is 0.667. The number of likely N-dealkylation sites (tertiary alicyclic amines) is 2. The molecule has 1 aromatic carbocycles. The molecule has 2 fully saturated rings. The SMILES string of the molecule is CN=C(NCCC(=O)N1CCCC(C)C1)NCC(c1ccc(OC)cc1)N1CCCC1. The Bertz CT molecular complexity index is 715. The van der Waals surface area contributed by atoms with E-state index >= 15 is 0 Å². The minimum Gasteiger partial charge on any atom is -0.497 e. The van der Waals surface area contributed by atoms with Crippen LogP contribution in [-0.4, -0.2) is 75.1 Å². The number of hydrogen-bond donors (Lipinski definition) is 2. The minimum atomic E-state index is 0.239. The lowest BCUT2D eigenvalue weighted by molar-refractivity contribution is -0.132. The molecule has 2 aliphatic heterocycles. The fourth-order valence-electron chi connectivity index (χ4n) is 4.61. The number of rotatable bonds is 8. The Kier molecular flexibility index (Phi) is 9.00. The molecule has 2 aliphatic rings. The predicted molar refractivity (Wildman–Crippen MR) is 126 cm³/mol. The van der Waals surface area contributed by atoms with Gasteiger partial charge >= 0.3 is 0 Å². The third-order valence-electron chi connectivity index (χ3n) is 6.41. The lowest BCUT2D eigenvalue weighted by Gasteiger charge is -2.31. The number of piperidine rings is 1. The van der Waals surface area contributed by atoms with Gasteiger partial charge in [0.05, 0.1) is 13.2 Å². The van der Waals surface area contributed by atoms with Crippen molar-refractivity contribution in [3.8, 4) is 5.75 Å². The minimum absolute atomic E-state index is 0.239. The summed E-state index contributed by atoms with van der Waals surface area (Å²) in [5.41, 5.74) is 1.28. The predicted octanol–water partition coefficient (Wildman–Crippen LogP) is 2.65. The highest BCUT2D eigenvalue weighted by Crippen LogP contribution is 2.26. The van der Waals surface area contributed by atoms with E-state index in [4.69, 9.17) is 4.74 Å². The zero-order valence-electron chi connectivity index (χ0n) is 19.4. The van der Waals surface area contributed by atoms with E-state index in [0.29, 0.717) is 18.9 Å². The molecule has 2 atom stereocenters.